The third kappa shape index (κ3) is 8.26. The molecular formula is C23H37IN6. The molecule has 1 aromatic carbocycles. The number of imidazole rings is 1. The van der Waals surface area contributed by atoms with Crippen LogP contribution in [0.5, 0.6) is 0 Å². The Balaban J connectivity index is 0.00000320. The first-order valence-electron chi connectivity index (χ1n) is 11.0. The van der Waals surface area contributed by atoms with Gasteiger partial charge in [-0.1, -0.05) is 30.3 Å². The van der Waals surface area contributed by atoms with E-state index in [0.717, 1.165) is 76.7 Å². The van der Waals surface area contributed by atoms with Crippen LogP contribution in [0.1, 0.15) is 44.0 Å². The average molecular weight is 524 g/mol. The summed E-state index contributed by atoms with van der Waals surface area (Å²) in [5.41, 5.74) is 1.40. The van der Waals surface area contributed by atoms with Crippen molar-refractivity contribution < 1.29 is 0 Å². The van der Waals surface area contributed by atoms with Crippen molar-refractivity contribution in [2.75, 3.05) is 26.2 Å². The fraction of sp³-hybridized carbons (Fsp3) is 0.565. The van der Waals surface area contributed by atoms with Gasteiger partial charge in [-0.25, -0.2) is 4.98 Å². The van der Waals surface area contributed by atoms with Crippen molar-refractivity contribution >= 4 is 29.9 Å². The number of aromatic nitrogens is 2. The van der Waals surface area contributed by atoms with E-state index in [4.69, 9.17) is 4.99 Å². The number of hydrogen-bond donors (Lipinski definition) is 2. The fourth-order valence-corrected chi connectivity index (χ4v) is 3.82. The van der Waals surface area contributed by atoms with E-state index in [1.165, 1.54) is 5.56 Å². The number of aryl methyl sites for hydroxylation is 2. The molecule has 7 heteroatoms. The lowest BCUT2D eigenvalue weighted by atomic mass is 10.0. The number of likely N-dealkylation sites (tertiary alicyclic amines) is 1. The Bertz CT molecular complexity index is 737. The van der Waals surface area contributed by atoms with Gasteiger partial charge in [0, 0.05) is 57.7 Å². The standard InChI is InChI=1S/C23H36N6.HI/c1-3-24-23(26-13-7-8-15-29-18-14-25-20(29)2)27-22-11-16-28(17-12-22)19-21-9-5-4-6-10-21;/h4-6,9-10,14,18,22H,3,7-8,11-13,15-17,19H2,1-2H3,(H2,24,26,27);1H. The lowest BCUT2D eigenvalue weighted by Crippen LogP contribution is -2.48. The van der Waals surface area contributed by atoms with E-state index in [2.05, 4.69) is 69.3 Å². The highest BCUT2D eigenvalue weighted by Gasteiger charge is 2.19. The Morgan fingerprint density at radius 3 is 2.60 bits per heavy atom. The minimum absolute atomic E-state index is 0. The second kappa shape index (κ2) is 13.6. The number of hydrogen-bond acceptors (Lipinski definition) is 3. The number of rotatable bonds is 9. The van der Waals surface area contributed by atoms with E-state index < -0.39 is 0 Å². The first kappa shape index (κ1) is 24.7. The molecule has 1 aromatic heterocycles. The number of nitrogens with zero attached hydrogens (tertiary/aromatic N) is 4. The van der Waals surface area contributed by atoms with Gasteiger partial charge in [-0.3, -0.25) is 9.89 Å². The summed E-state index contributed by atoms with van der Waals surface area (Å²) in [7, 11) is 0. The highest BCUT2D eigenvalue weighted by atomic mass is 127. The zero-order valence-corrected chi connectivity index (χ0v) is 20.7. The molecule has 2 aromatic rings. The highest BCUT2D eigenvalue weighted by molar-refractivity contribution is 14.0. The summed E-state index contributed by atoms with van der Waals surface area (Å²) in [5, 5.41) is 7.06. The third-order valence-corrected chi connectivity index (χ3v) is 5.52. The van der Waals surface area contributed by atoms with E-state index in [0.29, 0.717) is 6.04 Å². The lowest BCUT2D eigenvalue weighted by molar-refractivity contribution is 0.198. The van der Waals surface area contributed by atoms with Crippen LogP contribution in [-0.4, -0.2) is 52.6 Å². The van der Waals surface area contributed by atoms with Gasteiger partial charge in [0.2, 0.25) is 0 Å². The Morgan fingerprint density at radius 1 is 1.17 bits per heavy atom. The zero-order valence-electron chi connectivity index (χ0n) is 18.4. The van der Waals surface area contributed by atoms with Gasteiger partial charge < -0.3 is 15.2 Å². The number of nitrogens with one attached hydrogen (secondary N) is 2. The first-order valence-corrected chi connectivity index (χ1v) is 11.0. The maximum Gasteiger partial charge on any atom is 0.191 e. The van der Waals surface area contributed by atoms with Crippen LogP contribution in [0.15, 0.2) is 47.7 Å². The number of piperidine rings is 1. The van der Waals surface area contributed by atoms with Crippen LogP contribution < -0.4 is 10.6 Å². The Hall–Kier alpha value is -1.61. The first-order chi connectivity index (χ1) is 14.2. The van der Waals surface area contributed by atoms with E-state index in [-0.39, 0.29) is 24.0 Å². The van der Waals surface area contributed by atoms with Crippen molar-refractivity contribution in [3.05, 3.63) is 54.1 Å². The topological polar surface area (TPSA) is 57.5 Å². The minimum atomic E-state index is 0. The molecule has 3 rings (SSSR count). The summed E-state index contributed by atoms with van der Waals surface area (Å²) >= 11 is 0. The van der Waals surface area contributed by atoms with E-state index in [1.54, 1.807) is 0 Å². The van der Waals surface area contributed by atoms with E-state index in [1.807, 2.05) is 12.4 Å². The van der Waals surface area contributed by atoms with Crippen molar-refractivity contribution in [1.82, 2.24) is 25.1 Å². The van der Waals surface area contributed by atoms with Crippen molar-refractivity contribution in [1.29, 1.82) is 0 Å². The summed E-state index contributed by atoms with van der Waals surface area (Å²) in [6.45, 7) is 10.3. The summed E-state index contributed by atoms with van der Waals surface area (Å²) in [4.78, 5) is 11.6. The van der Waals surface area contributed by atoms with Crippen molar-refractivity contribution in [2.45, 2.75) is 58.7 Å². The monoisotopic (exact) mass is 524 g/mol. The van der Waals surface area contributed by atoms with E-state index >= 15 is 0 Å². The third-order valence-electron chi connectivity index (χ3n) is 5.52. The molecule has 0 amide bonds. The molecule has 0 bridgehead atoms. The molecule has 0 spiro atoms. The van der Waals surface area contributed by atoms with Crippen molar-refractivity contribution in [3.8, 4) is 0 Å². The smallest absolute Gasteiger partial charge is 0.191 e. The Morgan fingerprint density at radius 2 is 1.93 bits per heavy atom. The van der Waals surface area contributed by atoms with Crippen molar-refractivity contribution in [2.24, 2.45) is 4.99 Å². The molecular weight excluding hydrogens is 487 g/mol. The van der Waals surface area contributed by atoms with Crippen LogP contribution >= 0.6 is 24.0 Å². The summed E-state index contributed by atoms with van der Waals surface area (Å²) in [5.74, 6) is 2.05. The quantitative estimate of drug-likeness (QED) is 0.227. The average Bonchev–Trinajstić information content (AvgIpc) is 3.15. The normalized spacial score (nSPS) is 15.6. The second-order valence-electron chi connectivity index (χ2n) is 7.82. The Labute approximate surface area is 198 Å². The van der Waals surface area contributed by atoms with Crippen LogP contribution in [0.4, 0.5) is 0 Å². The number of halogens is 1. The minimum Gasteiger partial charge on any atom is -0.357 e. The number of guanidine groups is 1. The predicted octanol–water partition coefficient (Wildman–Crippen LogP) is 3.81. The summed E-state index contributed by atoms with van der Waals surface area (Å²) in [6, 6.07) is 11.3. The molecule has 6 nitrogen and oxygen atoms in total. The molecule has 0 radical (unpaired) electrons. The largest absolute Gasteiger partial charge is 0.357 e. The molecule has 0 unspecified atom stereocenters. The Kier molecular flexibility index (Phi) is 11.2. The summed E-state index contributed by atoms with van der Waals surface area (Å²) in [6.07, 6.45) is 8.45. The van der Waals surface area contributed by atoms with E-state index in [9.17, 15) is 0 Å². The van der Waals surface area contributed by atoms with Gasteiger partial charge in [0.25, 0.3) is 0 Å². The second-order valence-corrected chi connectivity index (χ2v) is 7.82. The maximum absolute atomic E-state index is 4.79. The lowest BCUT2D eigenvalue weighted by Gasteiger charge is -2.33. The number of benzene rings is 1. The number of aliphatic imine (C=N–C) groups is 1. The molecule has 1 aliphatic rings. The van der Waals surface area contributed by atoms with Gasteiger partial charge in [-0.05, 0) is 45.1 Å². The molecule has 30 heavy (non-hydrogen) atoms. The van der Waals surface area contributed by atoms with Crippen LogP contribution in [0.2, 0.25) is 0 Å². The van der Waals surface area contributed by atoms with Crippen molar-refractivity contribution in [3.63, 3.8) is 0 Å². The van der Waals surface area contributed by atoms with Gasteiger partial charge in [0.05, 0.1) is 0 Å². The molecule has 0 saturated carbocycles. The fourth-order valence-electron chi connectivity index (χ4n) is 3.82. The van der Waals surface area contributed by atoms with Gasteiger partial charge in [0.15, 0.2) is 5.96 Å². The predicted molar refractivity (Wildman–Crippen MR) is 135 cm³/mol. The summed E-state index contributed by atoms with van der Waals surface area (Å²) < 4.78 is 2.20. The van der Waals surface area contributed by atoms with Crippen LogP contribution in [0.3, 0.4) is 0 Å². The molecule has 1 aliphatic heterocycles. The van der Waals surface area contributed by atoms with Gasteiger partial charge in [-0.2, -0.15) is 0 Å². The van der Waals surface area contributed by atoms with Gasteiger partial charge in [-0.15, -0.1) is 24.0 Å². The molecule has 2 heterocycles. The van der Waals surface area contributed by atoms with Crippen LogP contribution in [-0.2, 0) is 13.1 Å². The zero-order chi connectivity index (χ0) is 20.3. The molecule has 2 N–H and O–H groups in total. The molecule has 1 saturated heterocycles. The molecule has 0 atom stereocenters. The maximum atomic E-state index is 4.79. The highest BCUT2D eigenvalue weighted by Crippen LogP contribution is 2.13. The van der Waals surface area contributed by atoms with Crippen LogP contribution in [0, 0.1) is 6.92 Å². The van der Waals surface area contributed by atoms with Gasteiger partial charge in [0.1, 0.15) is 5.82 Å². The SMILES string of the molecule is CCNC(=NCCCCn1ccnc1C)NC1CCN(Cc2ccccc2)CC1.I. The molecule has 166 valence electrons. The van der Waals surface area contributed by atoms with Crippen LogP contribution in [0.25, 0.3) is 0 Å². The molecule has 1 fully saturated rings. The molecule has 0 aliphatic carbocycles. The number of unbranched alkanes of at least 4 members (excludes halogenated alkanes) is 1. The van der Waals surface area contributed by atoms with Gasteiger partial charge >= 0.3 is 0 Å².